The lowest BCUT2D eigenvalue weighted by molar-refractivity contribution is -0.0528. The molecule has 0 aliphatic rings. The standard InChI is InChI=1S/C22H17F3N4O2/c1-30-18-9-15(14-3-5-16(23)6-4-14)8-17-20(18)28-12-29-21(17)27-11-13-2-7-19(26-10-13)31-22(24)25/h2-10,12,22H,11H2,1H3,(H,27,28,29). The monoisotopic (exact) mass is 426 g/mol. The lowest BCUT2D eigenvalue weighted by atomic mass is 10.0. The highest BCUT2D eigenvalue weighted by Gasteiger charge is 2.12. The van der Waals surface area contributed by atoms with Gasteiger partial charge in [-0.1, -0.05) is 18.2 Å². The van der Waals surface area contributed by atoms with Crippen LogP contribution in [0.2, 0.25) is 0 Å². The van der Waals surface area contributed by atoms with Gasteiger partial charge < -0.3 is 14.8 Å². The van der Waals surface area contributed by atoms with Crippen LogP contribution in [-0.2, 0) is 6.54 Å². The molecule has 0 aliphatic carbocycles. The molecule has 158 valence electrons. The quantitative estimate of drug-likeness (QED) is 0.446. The van der Waals surface area contributed by atoms with Gasteiger partial charge >= 0.3 is 6.61 Å². The summed E-state index contributed by atoms with van der Waals surface area (Å²) in [5.41, 5.74) is 2.99. The first-order chi connectivity index (χ1) is 15.0. The molecule has 4 rings (SSSR count). The van der Waals surface area contributed by atoms with Crippen molar-refractivity contribution in [2.45, 2.75) is 13.2 Å². The average Bonchev–Trinajstić information content (AvgIpc) is 2.78. The summed E-state index contributed by atoms with van der Waals surface area (Å²) in [6.07, 6.45) is 2.86. The average molecular weight is 426 g/mol. The third-order valence-corrected chi connectivity index (χ3v) is 4.57. The van der Waals surface area contributed by atoms with Gasteiger partial charge in [0.25, 0.3) is 0 Å². The van der Waals surface area contributed by atoms with Crippen molar-refractivity contribution in [3.8, 4) is 22.8 Å². The summed E-state index contributed by atoms with van der Waals surface area (Å²) in [5.74, 6) is 0.637. The Labute approximate surface area is 175 Å². The van der Waals surface area contributed by atoms with Gasteiger partial charge in [0.2, 0.25) is 5.88 Å². The molecular weight excluding hydrogens is 409 g/mol. The number of nitrogens with one attached hydrogen (secondary N) is 1. The van der Waals surface area contributed by atoms with Crippen molar-refractivity contribution in [2.24, 2.45) is 0 Å². The van der Waals surface area contributed by atoms with Gasteiger partial charge in [0.15, 0.2) is 0 Å². The molecule has 4 aromatic rings. The van der Waals surface area contributed by atoms with E-state index in [1.165, 1.54) is 30.7 Å². The minimum absolute atomic E-state index is 0.153. The number of benzene rings is 2. The third kappa shape index (κ3) is 4.66. The third-order valence-electron chi connectivity index (χ3n) is 4.57. The number of aromatic nitrogens is 3. The molecule has 0 radical (unpaired) electrons. The highest BCUT2D eigenvalue weighted by Crippen LogP contribution is 2.34. The summed E-state index contributed by atoms with van der Waals surface area (Å²) >= 11 is 0. The molecule has 0 bridgehead atoms. The summed E-state index contributed by atoms with van der Waals surface area (Å²) in [4.78, 5) is 12.5. The van der Waals surface area contributed by atoms with E-state index in [4.69, 9.17) is 4.74 Å². The maximum absolute atomic E-state index is 13.3. The van der Waals surface area contributed by atoms with E-state index in [-0.39, 0.29) is 11.7 Å². The van der Waals surface area contributed by atoms with Gasteiger partial charge in [0.1, 0.15) is 29.2 Å². The van der Waals surface area contributed by atoms with Crippen LogP contribution < -0.4 is 14.8 Å². The highest BCUT2D eigenvalue weighted by molar-refractivity contribution is 5.96. The van der Waals surface area contributed by atoms with Crippen LogP contribution in [0.25, 0.3) is 22.0 Å². The number of hydrogen-bond donors (Lipinski definition) is 1. The second kappa shape index (κ2) is 8.86. The molecule has 2 aromatic heterocycles. The van der Waals surface area contributed by atoms with Crippen molar-refractivity contribution >= 4 is 16.7 Å². The number of ether oxygens (including phenoxy) is 2. The zero-order chi connectivity index (χ0) is 21.8. The molecule has 1 N–H and O–H groups in total. The Balaban J connectivity index is 1.64. The lowest BCUT2D eigenvalue weighted by Gasteiger charge is -2.13. The van der Waals surface area contributed by atoms with Crippen molar-refractivity contribution in [3.63, 3.8) is 0 Å². The Morgan fingerprint density at radius 2 is 1.77 bits per heavy atom. The van der Waals surface area contributed by atoms with E-state index in [0.29, 0.717) is 29.0 Å². The minimum atomic E-state index is -2.92. The molecule has 0 fully saturated rings. The summed E-state index contributed by atoms with van der Waals surface area (Å²) in [7, 11) is 1.55. The molecule has 31 heavy (non-hydrogen) atoms. The molecule has 0 aliphatic heterocycles. The normalized spacial score (nSPS) is 11.0. The SMILES string of the molecule is COc1cc(-c2ccc(F)cc2)cc2c(NCc3ccc(OC(F)F)nc3)ncnc12. The van der Waals surface area contributed by atoms with Crippen LogP contribution in [0.5, 0.6) is 11.6 Å². The first kappa shape index (κ1) is 20.4. The molecule has 0 spiro atoms. The lowest BCUT2D eigenvalue weighted by Crippen LogP contribution is -2.06. The molecule has 2 aromatic carbocycles. The zero-order valence-corrected chi connectivity index (χ0v) is 16.3. The van der Waals surface area contributed by atoms with Crippen molar-refractivity contribution in [1.82, 2.24) is 15.0 Å². The van der Waals surface area contributed by atoms with Crippen LogP contribution >= 0.6 is 0 Å². The molecular formula is C22H17F3N4O2. The van der Waals surface area contributed by atoms with Crippen LogP contribution in [0, 0.1) is 5.82 Å². The van der Waals surface area contributed by atoms with E-state index in [0.717, 1.165) is 16.7 Å². The molecule has 9 heteroatoms. The largest absolute Gasteiger partial charge is 0.494 e. The number of nitrogens with zero attached hydrogens (tertiary/aromatic N) is 3. The van der Waals surface area contributed by atoms with Crippen LogP contribution in [0.15, 0.2) is 61.1 Å². The predicted octanol–water partition coefficient (Wildman–Crippen LogP) is 5.05. The van der Waals surface area contributed by atoms with Crippen LogP contribution in [0.4, 0.5) is 19.0 Å². The van der Waals surface area contributed by atoms with Gasteiger partial charge in [0.05, 0.1) is 7.11 Å². The zero-order valence-electron chi connectivity index (χ0n) is 16.3. The number of hydrogen-bond acceptors (Lipinski definition) is 6. The summed E-state index contributed by atoms with van der Waals surface area (Å²) in [6.45, 7) is -2.58. The second-order valence-corrected chi connectivity index (χ2v) is 6.54. The van der Waals surface area contributed by atoms with Crippen molar-refractivity contribution in [2.75, 3.05) is 12.4 Å². The number of fused-ring (bicyclic) bond motifs is 1. The van der Waals surface area contributed by atoms with E-state index in [9.17, 15) is 13.2 Å². The fourth-order valence-corrected chi connectivity index (χ4v) is 3.10. The summed E-state index contributed by atoms with van der Waals surface area (Å²) in [5, 5.41) is 3.92. The molecule has 0 unspecified atom stereocenters. The number of methoxy groups -OCH3 is 1. The van der Waals surface area contributed by atoms with Crippen LogP contribution in [-0.4, -0.2) is 28.7 Å². The smallest absolute Gasteiger partial charge is 0.388 e. The number of rotatable bonds is 7. The number of halogens is 3. The van der Waals surface area contributed by atoms with Gasteiger partial charge in [-0.15, -0.1) is 0 Å². The van der Waals surface area contributed by atoms with E-state index in [2.05, 4.69) is 25.0 Å². The number of pyridine rings is 1. The van der Waals surface area contributed by atoms with E-state index >= 15 is 0 Å². The second-order valence-electron chi connectivity index (χ2n) is 6.54. The van der Waals surface area contributed by atoms with Gasteiger partial charge in [-0.2, -0.15) is 8.78 Å². The van der Waals surface area contributed by atoms with Crippen molar-refractivity contribution in [1.29, 1.82) is 0 Å². The van der Waals surface area contributed by atoms with Gasteiger partial charge in [-0.3, -0.25) is 0 Å². The van der Waals surface area contributed by atoms with Gasteiger partial charge in [-0.05, 0) is 41.0 Å². The van der Waals surface area contributed by atoms with Crippen LogP contribution in [0.1, 0.15) is 5.56 Å². The first-order valence-corrected chi connectivity index (χ1v) is 9.26. The Bertz CT molecular complexity index is 1190. The number of anilines is 1. The summed E-state index contributed by atoms with van der Waals surface area (Å²) < 4.78 is 47.6. The first-order valence-electron chi connectivity index (χ1n) is 9.26. The predicted molar refractivity (Wildman–Crippen MR) is 110 cm³/mol. The molecule has 6 nitrogen and oxygen atoms in total. The Kier molecular flexibility index (Phi) is 5.83. The topological polar surface area (TPSA) is 69.2 Å². The Hall–Kier alpha value is -3.88. The molecule has 0 amide bonds. The molecule has 0 saturated heterocycles. The fourth-order valence-electron chi connectivity index (χ4n) is 3.10. The Morgan fingerprint density at radius 3 is 2.45 bits per heavy atom. The van der Waals surface area contributed by atoms with Crippen LogP contribution in [0.3, 0.4) is 0 Å². The molecule has 0 saturated carbocycles. The fraction of sp³-hybridized carbons (Fsp3) is 0.136. The van der Waals surface area contributed by atoms with Crippen molar-refractivity contribution < 1.29 is 22.6 Å². The van der Waals surface area contributed by atoms with Crippen molar-refractivity contribution in [3.05, 3.63) is 72.4 Å². The van der Waals surface area contributed by atoms with E-state index < -0.39 is 6.61 Å². The maximum Gasteiger partial charge on any atom is 0.388 e. The van der Waals surface area contributed by atoms with E-state index in [1.807, 2.05) is 12.1 Å². The summed E-state index contributed by atoms with van der Waals surface area (Å²) in [6, 6.07) is 12.9. The van der Waals surface area contributed by atoms with Gasteiger partial charge in [-0.25, -0.2) is 19.3 Å². The number of alkyl halides is 2. The van der Waals surface area contributed by atoms with E-state index in [1.54, 1.807) is 25.3 Å². The van der Waals surface area contributed by atoms with Gasteiger partial charge in [0, 0.05) is 24.2 Å². The minimum Gasteiger partial charge on any atom is -0.494 e. The molecule has 0 atom stereocenters. The maximum atomic E-state index is 13.3. The molecule has 2 heterocycles. The Morgan fingerprint density at radius 1 is 0.968 bits per heavy atom. The highest BCUT2D eigenvalue weighted by atomic mass is 19.3.